The van der Waals surface area contributed by atoms with Crippen molar-refractivity contribution in [2.24, 2.45) is 0 Å². The molecule has 0 aliphatic carbocycles. The zero-order valence-electron chi connectivity index (χ0n) is 37.5. The maximum atomic E-state index is 14.0. The van der Waals surface area contributed by atoms with Gasteiger partial charge in [0.15, 0.2) is 39.2 Å². The summed E-state index contributed by atoms with van der Waals surface area (Å²) >= 11 is 2.24. The van der Waals surface area contributed by atoms with Crippen molar-refractivity contribution in [1.29, 1.82) is 0 Å². The molecule has 348 valence electrons. The van der Waals surface area contributed by atoms with Gasteiger partial charge in [-0.15, -0.1) is 0 Å². The Balaban J connectivity index is 1.36. The van der Waals surface area contributed by atoms with Crippen molar-refractivity contribution in [2.75, 3.05) is 20.3 Å². The van der Waals surface area contributed by atoms with Crippen LogP contribution < -0.4 is 0 Å². The number of rotatable bonds is 17. The van der Waals surface area contributed by atoms with E-state index in [1.165, 1.54) is 14.0 Å². The van der Waals surface area contributed by atoms with Crippen LogP contribution in [0.5, 0.6) is 0 Å². The van der Waals surface area contributed by atoms with Gasteiger partial charge in [-0.25, -0.2) is 14.4 Å². The van der Waals surface area contributed by atoms with Gasteiger partial charge in [0, 0.05) is 14.0 Å². The highest BCUT2D eigenvalue weighted by atomic mass is 127. The number of carbonyl (C=O) groups is 4. The Kier molecular flexibility index (Phi) is 17.5. The number of alkyl halides is 1. The van der Waals surface area contributed by atoms with Crippen molar-refractivity contribution in [3.05, 3.63) is 144 Å². The molecule has 10 atom stereocenters. The topological polar surface area (TPSA) is 161 Å². The molecule has 2 aliphatic rings. The molecule has 0 bridgehead atoms. The van der Waals surface area contributed by atoms with Crippen LogP contribution in [-0.2, 0) is 58.5 Å². The fourth-order valence-corrected chi connectivity index (χ4v) is 9.57. The average molecular weight is 1020 g/mol. The van der Waals surface area contributed by atoms with E-state index in [4.69, 9.17) is 47.1 Å². The van der Waals surface area contributed by atoms with Gasteiger partial charge in [-0.1, -0.05) is 128 Å². The Morgan fingerprint density at radius 1 is 0.585 bits per heavy atom. The number of methoxy groups -OCH3 is 1. The predicted octanol–water partition coefficient (Wildman–Crippen LogP) is 8.12. The summed E-state index contributed by atoms with van der Waals surface area (Å²) in [4.78, 5) is 53.8. The molecule has 14 nitrogen and oxygen atoms in total. The highest BCUT2D eigenvalue weighted by Gasteiger charge is 2.55. The molecule has 6 rings (SSSR count). The average Bonchev–Trinajstić information content (AvgIpc) is 3.30. The second-order valence-corrected chi connectivity index (χ2v) is 23.4. The third-order valence-electron chi connectivity index (χ3n) is 11.6. The molecule has 0 aromatic heterocycles. The van der Waals surface area contributed by atoms with E-state index in [0.717, 1.165) is 5.56 Å². The van der Waals surface area contributed by atoms with Crippen LogP contribution in [0.2, 0.25) is 18.1 Å². The number of benzene rings is 4. The maximum Gasteiger partial charge on any atom is 0.338 e. The summed E-state index contributed by atoms with van der Waals surface area (Å²) < 4.78 is 62.8. The zero-order valence-corrected chi connectivity index (χ0v) is 40.7. The molecule has 2 aliphatic heterocycles. The Labute approximate surface area is 394 Å². The van der Waals surface area contributed by atoms with Gasteiger partial charge in [-0.05, 0) is 60.1 Å². The molecule has 0 unspecified atom stereocenters. The summed E-state index contributed by atoms with van der Waals surface area (Å²) in [5.41, 5.74) is 1.54. The minimum absolute atomic E-state index is 0.162. The van der Waals surface area contributed by atoms with E-state index in [0.29, 0.717) is 0 Å². The van der Waals surface area contributed by atoms with Gasteiger partial charge in [0.05, 0.1) is 39.9 Å². The van der Waals surface area contributed by atoms with Gasteiger partial charge in [-0.2, -0.15) is 0 Å². The van der Waals surface area contributed by atoms with Crippen molar-refractivity contribution in [1.82, 2.24) is 0 Å². The molecule has 16 heteroatoms. The molecule has 2 saturated heterocycles. The van der Waals surface area contributed by atoms with Crippen LogP contribution in [0.15, 0.2) is 121 Å². The summed E-state index contributed by atoms with van der Waals surface area (Å²) in [6, 6.07) is 34.4. The van der Waals surface area contributed by atoms with Gasteiger partial charge < -0.3 is 47.1 Å². The molecule has 2 fully saturated rings. The fraction of sp³-hybridized carbons (Fsp3) is 0.429. The first-order valence-corrected chi connectivity index (χ1v) is 25.6. The SMILES string of the molecule is CO[C@@H]1O[C@H](CO[C@H]2O[C@H](COC(C)=O)[C@@H](OCc3ccccc3)[C@H](O[Si](C)(C)C(C)(C)C)[C@H]2I)[C@@H](OC(=O)c2ccccc2)[C@H](OC(=O)c2ccccc2)[C@H]1OC(=O)c1ccccc1. The first kappa shape index (κ1) is 49.9. The van der Waals surface area contributed by atoms with E-state index in [9.17, 15) is 19.2 Å². The Hall–Kier alpha value is -4.53. The fourth-order valence-electron chi connectivity index (χ4n) is 7.05. The standard InChI is InChI=1S/C49H57IO14Si/c1-31(51)56-29-36-39(57-28-32-20-12-8-13-21-32)41(64-65(6,7)49(2,3)4)38(50)47(59-36)58-30-37-40(61-44(52)33-22-14-9-15-23-33)42(62-45(53)34-24-16-10-17-25-34)43(48(55-5)60-37)63-46(54)35-26-18-11-19-27-35/h8-27,36-43,47-48H,28-30H2,1-7H3/t36-,37-,38-,39-,40-,41-,42+,43-,47+,48-/m1/s1. The van der Waals surface area contributed by atoms with Crippen molar-refractivity contribution in [3.63, 3.8) is 0 Å². The molecule has 0 amide bonds. The minimum Gasteiger partial charge on any atom is -0.463 e. The molecular formula is C49H57IO14Si. The van der Waals surface area contributed by atoms with Crippen molar-refractivity contribution in [3.8, 4) is 0 Å². The molecule has 0 N–H and O–H groups in total. The molecule has 0 saturated carbocycles. The lowest BCUT2D eigenvalue weighted by atomic mass is 9.97. The minimum atomic E-state index is -2.51. The van der Waals surface area contributed by atoms with Gasteiger partial charge in [-0.3, -0.25) is 4.79 Å². The summed E-state index contributed by atoms with van der Waals surface area (Å²) in [6.45, 7) is 11.8. The van der Waals surface area contributed by atoms with Crippen LogP contribution in [0, 0.1) is 0 Å². The predicted molar refractivity (Wildman–Crippen MR) is 249 cm³/mol. The van der Waals surface area contributed by atoms with Crippen molar-refractivity contribution >= 4 is 54.8 Å². The molecular weight excluding hydrogens is 968 g/mol. The third-order valence-corrected chi connectivity index (χ3v) is 17.3. The molecule has 4 aromatic rings. The quantitative estimate of drug-likeness (QED) is 0.0328. The van der Waals surface area contributed by atoms with Gasteiger partial charge in [0.1, 0.15) is 24.9 Å². The van der Waals surface area contributed by atoms with Crippen LogP contribution in [-0.4, -0.2) is 112 Å². The normalized spacial score (nSPS) is 25.8. The number of halogens is 1. The molecule has 65 heavy (non-hydrogen) atoms. The maximum absolute atomic E-state index is 14.0. The van der Waals surface area contributed by atoms with Gasteiger partial charge in [0.25, 0.3) is 0 Å². The van der Waals surface area contributed by atoms with Crippen molar-refractivity contribution in [2.45, 2.75) is 112 Å². The van der Waals surface area contributed by atoms with E-state index in [1.807, 2.05) is 30.3 Å². The first-order chi connectivity index (χ1) is 31.1. The molecule has 4 aromatic carbocycles. The monoisotopic (exact) mass is 1020 g/mol. The van der Waals surface area contributed by atoms with Crippen LogP contribution >= 0.6 is 22.6 Å². The van der Waals surface area contributed by atoms with Crippen LogP contribution in [0.25, 0.3) is 0 Å². The Morgan fingerprint density at radius 2 is 1.03 bits per heavy atom. The van der Waals surface area contributed by atoms with Crippen LogP contribution in [0.3, 0.4) is 0 Å². The Morgan fingerprint density at radius 3 is 1.51 bits per heavy atom. The highest BCUT2D eigenvalue weighted by molar-refractivity contribution is 14.1. The van der Waals surface area contributed by atoms with Crippen LogP contribution in [0.4, 0.5) is 0 Å². The highest BCUT2D eigenvalue weighted by Crippen LogP contribution is 2.42. The van der Waals surface area contributed by atoms with Crippen molar-refractivity contribution < 1.29 is 66.2 Å². The molecule has 0 radical (unpaired) electrons. The van der Waals surface area contributed by atoms with E-state index in [2.05, 4.69) is 56.5 Å². The van der Waals surface area contributed by atoms with Crippen LogP contribution in [0.1, 0.15) is 64.3 Å². The lowest BCUT2D eigenvalue weighted by molar-refractivity contribution is -0.310. The molecule has 0 spiro atoms. The number of ether oxygens (including phenoxy) is 9. The number of esters is 4. The summed E-state index contributed by atoms with van der Waals surface area (Å²) in [5.74, 6) is -2.81. The molecule has 2 heterocycles. The number of carbonyl (C=O) groups excluding carboxylic acids is 4. The van der Waals surface area contributed by atoms with E-state index < -0.39 is 91.4 Å². The van der Waals surface area contributed by atoms with Gasteiger partial charge in [0.2, 0.25) is 0 Å². The number of hydrogen-bond donors (Lipinski definition) is 0. The Bertz CT molecular complexity index is 2160. The summed E-state index contributed by atoms with van der Waals surface area (Å²) in [5, 5.41) is -0.193. The van der Waals surface area contributed by atoms with Gasteiger partial charge >= 0.3 is 23.9 Å². The largest absolute Gasteiger partial charge is 0.463 e. The second-order valence-electron chi connectivity index (χ2n) is 17.2. The third kappa shape index (κ3) is 13.1. The van der Waals surface area contributed by atoms with E-state index in [-0.39, 0.29) is 41.5 Å². The summed E-state index contributed by atoms with van der Waals surface area (Å²) in [7, 11) is -1.16. The van der Waals surface area contributed by atoms with E-state index >= 15 is 0 Å². The second kappa shape index (κ2) is 22.8. The van der Waals surface area contributed by atoms with E-state index in [1.54, 1.807) is 91.0 Å². The lowest BCUT2D eigenvalue weighted by Gasteiger charge is -2.49. The zero-order chi connectivity index (χ0) is 46.7. The summed E-state index contributed by atoms with van der Waals surface area (Å²) in [6.07, 6.45) is -10.1. The lowest BCUT2D eigenvalue weighted by Crippen LogP contribution is -2.64. The first-order valence-electron chi connectivity index (χ1n) is 21.4. The smallest absolute Gasteiger partial charge is 0.338 e. The number of hydrogen-bond acceptors (Lipinski definition) is 14.